The minimum absolute atomic E-state index is 0.107. The normalized spacial score (nSPS) is 25.6. The Labute approximate surface area is 143 Å². The van der Waals surface area contributed by atoms with Crippen LogP contribution in [-0.4, -0.2) is 65.3 Å². The molecule has 1 aromatic heterocycles. The number of carbonyl (C=O) groups excluding carboxylic acids is 1. The monoisotopic (exact) mass is 332 g/mol. The summed E-state index contributed by atoms with van der Waals surface area (Å²) in [5, 5.41) is 17.8. The van der Waals surface area contributed by atoms with Gasteiger partial charge in [-0.25, -0.2) is 0 Å². The van der Waals surface area contributed by atoms with Gasteiger partial charge in [0.05, 0.1) is 6.10 Å². The summed E-state index contributed by atoms with van der Waals surface area (Å²) in [5.41, 5.74) is 0.569. The van der Waals surface area contributed by atoms with Crippen molar-refractivity contribution in [1.29, 1.82) is 0 Å². The number of anilines is 1. The molecule has 2 fully saturated rings. The first-order chi connectivity index (χ1) is 11.5. The van der Waals surface area contributed by atoms with E-state index in [1.165, 1.54) is 0 Å². The molecule has 1 atom stereocenters. The van der Waals surface area contributed by atoms with Crippen molar-refractivity contribution in [2.24, 2.45) is 11.3 Å². The number of likely N-dealkylation sites (tertiary alicyclic amines) is 1. The van der Waals surface area contributed by atoms with Gasteiger partial charge in [0.15, 0.2) is 12.1 Å². The Morgan fingerprint density at radius 3 is 2.54 bits per heavy atom. The molecule has 0 spiro atoms. The first-order valence-electron chi connectivity index (χ1n) is 8.92. The number of aliphatic hydroxyl groups excluding tert-OH is 1. The van der Waals surface area contributed by atoms with Crippen molar-refractivity contribution in [3.05, 3.63) is 17.8 Å². The van der Waals surface area contributed by atoms with Crippen LogP contribution in [0, 0.1) is 11.3 Å². The van der Waals surface area contributed by atoms with Gasteiger partial charge in [0.2, 0.25) is 0 Å². The number of hydrogen-bond acceptors (Lipinski definition) is 6. The Morgan fingerprint density at radius 1 is 1.21 bits per heavy atom. The summed E-state index contributed by atoms with van der Waals surface area (Å²) in [4.78, 5) is 15.5. The molecule has 1 N–H and O–H groups in total. The summed E-state index contributed by atoms with van der Waals surface area (Å²) >= 11 is 0. The van der Waals surface area contributed by atoms with E-state index >= 15 is 0 Å². The van der Waals surface area contributed by atoms with E-state index < -0.39 is 0 Å². The van der Waals surface area contributed by atoms with Gasteiger partial charge in [0, 0.05) is 32.7 Å². The molecule has 0 radical (unpaired) electrons. The molecule has 0 aliphatic carbocycles. The smallest absolute Gasteiger partial charge is 0.170 e. The maximum Gasteiger partial charge on any atom is 0.170 e. The van der Waals surface area contributed by atoms with Crippen LogP contribution >= 0.6 is 0 Å². The summed E-state index contributed by atoms with van der Waals surface area (Å²) in [7, 11) is 0. The lowest BCUT2D eigenvalue weighted by Crippen LogP contribution is -2.50. The van der Waals surface area contributed by atoms with Crippen LogP contribution < -0.4 is 4.90 Å². The zero-order valence-corrected chi connectivity index (χ0v) is 14.7. The molecular weight excluding hydrogens is 304 g/mol. The van der Waals surface area contributed by atoms with Gasteiger partial charge in [0.25, 0.3) is 0 Å². The van der Waals surface area contributed by atoms with E-state index in [0.717, 1.165) is 64.1 Å². The van der Waals surface area contributed by atoms with E-state index in [-0.39, 0.29) is 11.5 Å². The van der Waals surface area contributed by atoms with E-state index in [4.69, 9.17) is 0 Å². The zero-order chi connectivity index (χ0) is 17.2. The van der Waals surface area contributed by atoms with E-state index in [2.05, 4.69) is 33.8 Å². The second kappa shape index (κ2) is 7.15. The fourth-order valence-corrected chi connectivity index (χ4v) is 3.92. The number of aldehydes is 1. The highest BCUT2D eigenvalue weighted by molar-refractivity contribution is 5.71. The largest absolute Gasteiger partial charge is 0.393 e. The number of aromatic nitrogens is 2. The first kappa shape index (κ1) is 17.3. The summed E-state index contributed by atoms with van der Waals surface area (Å²) in [6.45, 7) is 9.71. The highest BCUT2D eigenvalue weighted by Gasteiger charge is 2.37. The van der Waals surface area contributed by atoms with Crippen LogP contribution in [0.1, 0.15) is 43.6 Å². The molecule has 0 amide bonds. The Kier molecular flexibility index (Phi) is 5.15. The number of aliphatic hydroxyl groups is 1. The Hall–Kier alpha value is -1.53. The average molecular weight is 332 g/mol. The minimum Gasteiger partial charge on any atom is -0.393 e. The van der Waals surface area contributed by atoms with E-state index in [0.29, 0.717) is 11.6 Å². The van der Waals surface area contributed by atoms with E-state index in [1.807, 2.05) is 6.07 Å². The van der Waals surface area contributed by atoms with Crippen LogP contribution in [-0.2, 0) is 0 Å². The number of carbonyl (C=O) groups is 1. The van der Waals surface area contributed by atoms with Gasteiger partial charge in [-0.15, -0.1) is 10.2 Å². The van der Waals surface area contributed by atoms with Crippen molar-refractivity contribution < 1.29 is 9.90 Å². The van der Waals surface area contributed by atoms with Crippen LogP contribution in [0.2, 0.25) is 0 Å². The summed E-state index contributed by atoms with van der Waals surface area (Å²) in [5.74, 6) is 1.50. The molecule has 0 bridgehead atoms. The highest BCUT2D eigenvalue weighted by Crippen LogP contribution is 2.37. The van der Waals surface area contributed by atoms with Gasteiger partial charge >= 0.3 is 0 Å². The first-order valence-corrected chi connectivity index (χ1v) is 8.92. The van der Waals surface area contributed by atoms with Gasteiger partial charge in [0.1, 0.15) is 5.69 Å². The molecule has 132 valence electrons. The molecule has 1 unspecified atom stereocenters. The van der Waals surface area contributed by atoms with Gasteiger partial charge in [-0.1, -0.05) is 13.8 Å². The zero-order valence-electron chi connectivity index (χ0n) is 14.7. The van der Waals surface area contributed by atoms with Crippen molar-refractivity contribution >= 4 is 12.1 Å². The van der Waals surface area contributed by atoms with Gasteiger partial charge in [-0.2, -0.15) is 0 Å². The lowest BCUT2D eigenvalue weighted by atomic mass is 9.73. The molecule has 2 aliphatic heterocycles. The Morgan fingerprint density at radius 2 is 1.96 bits per heavy atom. The number of nitrogens with zero attached hydrogens (tertiary/aromatic N) is 4. The summed E-state index contributed by atoms with van der Waals surface area (Å²) < 4.78 is 0. The fraction of sp³-hybridized carbons (Fsp3) is 0.722. The molecule has 24 heavy (non-hydrogen) atoms. The third-order valence-electron chi connectivity index (χ3n) is 5.60. The predicted molar refractivity (Wildman–Crippen MR) is 93.2 cm³/mol. The van der Waals surface area contributed by atoms with Crippen LogP contribution in [0.15, 0.2) is 12.1 Å². The number of hydrogen-bond donors (Lipinski definition) is 1. The summed E-state index contributed by atoms with van der Waals surface area (Å²) in [6, 6.07) is 3.62. The molecule has 6 nitrogen and oxygen atoms in total. The van der Waals surface area contributed by atoms with E-state index in [1.54, 1.807) is 6.07 Å². The third kappa shape index (κ3) is 3.92. The molecule has 3 heterocycles. The van der Waals surface area contributed by atoms with Crippen LogP contribution in [0.25, 0.3) is 0 Å². The second-order valence-electron chi connectivity index (χ2n) is 7.86. The van der Waals surface area contributed by atoms with Crippen molar-refractivity contribution in [2.45, 2.75) is 39.2 Å². The molecule has 2 saturated heterocycles. The number of piperidine rings is 2. The number of rotatable bonds is 4. The molecule has 0 saturated carbocycles. The van der Waals surface area contributed by atoms with Crippen molar-refractivity contribution in [3.63, 3.8) is 0 Å². The van der Waals surface area contributed by atoms with Gasteiger partial charge in [-0.3, -0.25) is 4.79 Å². The third-order valence-corrected chi connectivity index (χ3v) is 5.60. The fourth-order valence-electron chi connectivity index (χ4n) is 3.92. The lowest BCUT2D eigenvalue weighted by molar-refractivity contribution is 0.0517. The van der Waals surface area contributed by atoms with Crippen LogP contribution in [0.4, 0.5) is 5.82 Å². The van der Waals surface area contributed by atoms with Crippen molar-refractivity contribution in [3.8, 4) is 0 Å². The molecule has 0 aromatic carbocycles. The van der Waals surface area contributed by atoms with E-state index in [9.17, 15) is 9.90 Å². The van der Waals surface area contributed by atoms with Crippen LogP contribution in [0.3, 0.4) is 0 Å². The quantitative estimate of drug-likeness (QED) is 0.845. The lowest BCUT2D eigenvalue weighted by Gasteiger charge is -2.47. The second-order valence-corrected chi connectivity index (χ2v) is 7.86. The maximum atomic E-state index is 10.7. The topological polar surface area (TPSA) is 69.6 Å². The molecule has 6 heteroatoms. The van der Waals surface area contributed by atoms with Crippen molar-refractivity contribution in [2.75, 3.05) is 37.6 Å². The van der Waals surface area contributed by atoms with Gasteiger partial charge in [-0.05, 0) is 42.7 Å². The van der Waals surface area contributed by atoms with Crippen molar-refractivity contribution in [1.82, 2.24) is 15.1 Å². The Bertz CT molecular complexity index is 553. The highest BCUT2D eigenvalue weighted by atomic mass is 16.3. The Balaban J connectivity index is 1.60. The predicted octanol–water partition coefficient (Wildman–Crippen LogP) is 1.60. The average Bonchev–Trinajstić information content (AvgIpc) is 2.58. The molecule has 2 aliphatic rings. The SMILES string of the molecule is CC1(C)CN(c2ccc(C=O)nn2)CCC1CN1CCC(O)CC1. The van der Waals surface area contributed by atoms with Gasteiger partial charge < -0.3 is 14.9 Å². The van der Waals surface area contributed by atoms with Crippen LogP contribution in [0.5, 0.6) is 0 Å². The molecule has 3 rings (SSSR count). The molecular formula is C18H28N4O2. The maximum absolute atomic E-state index is 10.7. The minimum atomic E-state index is -0.107. The standard InChI is InChI=1S/C18H28N4O2/c1-18(2)13-22(17-4-3-15(12-23)19-20-17)10-5-14(18)11-21-8-6-16(24)7-9-21/h3-4,12,14,16,24H,5-11,13H2,1-2H3. The summed E-state index contributed by atoms with van der Waals surface area (Å²) in [6.07, 6.45) is 3.55. The molecule has 1 aromatic rings.